The van der Waals surface area contributed by atoms with Gasteiger partial charge in [-0.2, -0.15) is 5.10 Å². The first-order valence-electron chi connectivity index (χ1n) is 6.33. The average molecular weight is 253 g/mol. The van der Waals surface area contributed by atoms with E-state index in [0.717, 1.165) is 12.1 Å². The maximum atomic E-state index is 12.4. The fraction of sp³-hybridized carbons (Fsp3) is 0.692. The Morgan fingerprint density at radius 3 is 2.56 bits per heavy atom. The molecule has 0 saturated carbocycles. The number of likely N-dealkylation sites (N-methyl/N-ethyl adjacent to an activating group) is 1. The number of aliphatic hydroxyl groups is 1. The minimum atomic E-state index is -0.577. The summed E-state index contributed by atoms with van der Waals surface area (Å²) in [5.41, 5.74) is 0.917. The van der Waals surface area contributed by atoms with E-state index in [4.69, 9.17) is 0 Å². The Hall–Kier alpha value is -1.36. The molecular weight excluding hydrogens is 230 g/mol. The number of hydrogen-bond donors (Lipinski definition) is 1. The first-order valence-corrected chi connectivity index (χ1v) is 6.33. The van der Waals surface area contributed by atoms with E-state index in [0.29, 0.717) is 12.2 Å². The van der Waals surface area contributed by atoms with Crippen molar-refractivity contribution >= 4 is 5.91 Å². The zero-order chi connectivity index (χ0) is 13.9. The molecule has 1 aromatic heterocycles. The summed E-state index contributed by atoms with van der Waals surface area (Å²) in [6.45, 7) is 8.22. The molecule has 1 N–H and O–H groups in total. The van der Waals surface area contributed by atoms with Gasteiger partial charge in [0.15, 0.2) is 0 Å². The summed E-state index contributed by atoms with van der Waals surface area (Å²) in [6, 6.07) is 1.83. The number of carbonyl (C=O) groups is 1. The van der Waals surface area contributed by atoms with Gasteiger partial charge in [0.2, 0.25) is 0 Å². The lowest BCUT2D eigenvalue weighted by molar-refractivity contribution is 0.0462. The second-order valence-electron chi connectivity index (χ2n) is 5.02. The Bertz CT molecular complexity index is 424. The molecule has 5 heteroatoms. The summed E-state index contributed by atoms with van der Waals surface area (Å²) in [7, 11) is 1.71. The van der Waals surface area contributed by atoms with E-state index in [-0.39, 0.29) is 12.5 Å². The summed E-state index contributed by atoms with van der Waals surface area (Å²) >= 11 is 0. The number of hydrogen-bond acceptors (Lipinski definition) is 3. The largest absolute Gasteiger partial charge is 0.394 e. The average Bonchev–Trinajstić information content (AvgIpc) is 2.80. The second-order valence-corrected chi connectivity index (χ2v) is 5.02. The molecule has 1 aromatic rings. The lowest BCUT2D eigenvalue weighted by Crippen LogP contribution is -2.48. The van der Waals surface area contributed by atoms with Crippen molar-refractivity contribution in [3.8, 4) is 0 Å². The van der Waals surface area contributed by atoms with Gasteiger partial charge in [-0.1, -0.05) is 6.92 Å². The van der Waals surface area contributed by atoms with E-state index in [1.165, 1.54) is 0 Å². The van der Waals surface area contributed by atoms with Crippen LogP contribution in [0.25, 0.3) is 0 Å². The van der Waals surface area contributed by atoms with E-state index in [1.807, 2.05) is 33.8 Å². The summed E-state index contributed by atoms with van der Waals surface area (Å²) in [4.78, 5) is 14.0. The third-order valence-electron chi connectivity index (χ3n) is 3.31. The Balaban J connectivity index is 3.06. The first kappa shape index (κ1) is 14.7. The molecule has 0 bridgehead atoms. The van der Waals surface area contributed by atoms with Gasteiger partial charge in [-0.15, -0.1) is 0 Å². The van der Waals surface area contributed by atoms with E-state index in [2.05, 4.69) is 5.10 Å². The number of rotatable bonds is 5. The van der Waals surface area contributed by atoms with Crippen molar-refractivity contribution < 1.29 is 9.90 Å². The molecule has 0 spiro atoms. The highest BCUT2D eigenvalue weighted by molar-refractivity contribution is 5.93. The maximum absolute atomic E-state index is 12.4. The van der Waals surface area contributed by atoms with Crippen LogP contribution in [0.2, 0.25) is 0 Å². The molecule has 5 nitrogen and oxygen atoms in total. The van der Waals surface area contributed by atoms with Crippen LogP contribution in [0, 0.1) is 0 Å². The van der Waals surface area contributed by atoms with Gasteiger partial charge < -0.3 is 10.0 Å². The highest BCUT2D eigenvalue weighted by atomic mass is 16.3. The standard InChI is InChI=1S/C13H23N3O2/c1-6-10-8-11(16(7-2)14-10)12(18)15(5)13(3,4)9-17/h8,17H,6-7,9H2,1-5H3. The molecule has 1 rings (SSSR count). The van der Waals surface area contributed by atoms with Gasteiger partial charge in [0.1, 0.15) is 5.69 Å². The Kier molecular flexibility index (Phi) is 4.51. The van der Waals surface area contributed by atoms with Gasteiger partial charge >= 0.3 is 0 Å². The van der Waals surface area contributed by atoms with Gasteiger partial charge in [-0.25, -0.2) is 0 Å². The van der Waals surface area contributed by atoms with Crippen LogP contribution in [0.3, 0.4) is 0 Å². The number of carbonyl (C=O) groups excluding carboxylic acids is 1. The Labute approximate surface area is 108 Å². The number of amides is 1. The van der Waals surface area contributed by atoms with Crippen LogP contribution in [0.5, 0.6) is 0 Å². The fourth-order valence-corrected chi connectivity index (χ4v) is 1.61. The van der Waals surface area contributed by atoms with Crippen LogP contribution >= 0.6 is 0 Å². The Morgan fingerprint density at radius 2 is 2.11 bits per heavy atom. The smallest absolute Gasteiger partial charge is 0.272 e. The van der Waals surface area contributed by atoms with Crippen molar-refractivity contribution in [1.82, 2.24) is 14.7 Å². The summed E-state index contributed by atoms with van der Waals surface area (Å²) in [5, 5.41) is 13.7. The predicted octanol–water partition coefficient (Wildman–Crippen LogP) is 1.31. The van der Waals surface area contributed by atoms with Crippen molar-refractivity contribution in [2.45, 2.75) is 46.2 Å². The molecule has 18 heavy (non-hydrogen) atoms. The fourth-order valence-electron chi connectivity index (χ4n) is 1.61. The van der Waals surface area contributed by atoms with Crippen molar-refractivity contribution in [2.75, 3.05) is 13.7 Å². The number of aliphatic hydroxyl groups excluding tert-OH is 1. The number of aromatic nitrogens is 2. The molecular formula is C13H23N3O2. The van der Waals surface area contributed by atoms with E-state index >= 15 is 0 Å². The molecule has 0 aliphatic rings. The lowest BCUT2D eigenvalue weighted by Gasteiger charge is -2.33. The van der Waals surface area contributed by atoms with Crippen molar-refractivity contribution in [3.63, 3.8) is 0 Å². The molecule has 0 radical (unpaired) electrons. The van der Waals surface area contributed by atoms with Crippen LogP contribution in [0.15, 0.2) is 6.07 Å². The van der Waals surface area contributed by atoms with Gasteiger partial charge in [0, 0.05) is 13.6 Å². The highest BCUT2D eigenvalue weighted by Crippen LogP contribution is 2.16. The third kappa shape index (κ3) is 2.72. The topological polar surface area (TPSA) is 58.4 Å². The van der Waals surface area contributed by atoms with Crippen LogP contribution in [0.4, 0.5) is 0 Å². The number of nitrogens with zero attached hydrogens (tertiary/aromatic N) is 3. The normalized spacial score (nSPS) is 11.7. The van der Waals surface area contributed by atoms with Gasteiger partial charge in [0.05, 0.1) is 17.8 Å². The Morgan fingerprint density at radius 1 is 1.50 bits per heavy atom. The molecule has 0 aliphatic heterocycles. The minimum absolute atomic E-state index is 0.0733. The third-order valence-corrected chi connectivity index (χ3v) is 3.31. The van der Waals surface area contributed by atoms with Gasteiger partial charge in [-0.3, -0.25) is 9.48 Å². The summed E-state index contributed by atoms with van der Waals surface area (Å²) < 4.78 is 1.71. The molecule has 1 amide bonds. The SMILES string of the molecule is CCc1cc(C(=O)N(C)C(C)(C)CO)n(CC)n1. The molecule has 0 saturated heterocycles. The molecule has 0 atom stereocenters. The van der Waals surface area contributed by atoms with E-state index in [9.17, 15) is 9.90 Å². The molecule has 1 heterocycles. The van der Waals surface area contributed by atoms with Crippen molar-refractivity contribution in [1.29, 1.82) is 0 Å². The van der Waals surface area contributed by atoms with Crippen LogP contribution in [0.1, 0.15) is 43.9 Å². The zero-order valence-corrected chi connectivity index (χ0v) is 11.9. The molecule has 0 aliphatic carbocycles. The van der Waals surface area contributed by atoms with Crippen LogP contribution < -0.4 is 0 Å². The zero-order valence-electron chi connectivity index (χ0n) is 11.9. The summed E-state index contributed by atoms with van der Waals surface area (Å²) in [5.74, 6) is -0.108. The molecule has 0 unspecified atom stereocenters. The number of aryl methyl sites for hydroxylation is 2. The van der Waals surface area contributed by atoms with Gasteiger partial charge in [-0.05, 0) is 33.3 Å². The van der Waals surface area contributed by atoms with Gasteiger partial charge in [0.25, 0.3) is 5.91 Å². The van der Waals surface area contributed by atoms with Crippen molar-refractivity contribution in [3.05, 3.63) is 17.5 Å². The van der Waals surface area contributed by atoms with E-state index < -0.39 is 5.54 Å². The van der Waals surface area contributed by atoms with Crippen molar-refractivity contribution in [2.24, 2.45) is 0 Å². The molecule has 102 valence electrons. The maximum Gasteiger partial charge on any atom is 0.272 e. The quantitative estimate of drug-likeness (QED) is 0.860. The monoisotopic (exact) mass is 253 g/mol. The predicted molar refractivity (Wildman–Crippen MR) is 70.5 cm³/mol. The molecule has 0 aromatic carbocycles. The van der Waals surface area contributed by atoms with Crippen LogP contribution in [-0.4, -0.2) is 44.9 Å². The summed E-state index contributed by atoms with van der Waals surface area (Å²) in [6.07, 6.45) is 0.806. The second kappa shape index (κ2) is 5.52. The lowest BCUT2D eigenvalue weighted by atomic mass is 10.0. The minimum Gasteiger partial charge on any atom is -0.394 e. The van der Waals surface area contributed by atoms with E-state index in [1.54, 1.807) is 16.6 Å². The molecule has 0 fully saturated rings. The highest BCUT2D eigenvalue weighted by Gasteiger charge is 2.29. The van der Waals surface area contributed by atoms with Crippen LogP contribution in [-0.2, 0) is 13.0 Å². The first-order chi connectivity index (χ1) is 8.37.